The summed E-state index contributed by atoms with van der Waals surface area (Å²) < 4.78 is 54.3. The fourth-order valence-corrected chi connectivity index (χ4v) is 4.80. The monoisotopic (exact) mass is 596 g/mol. The number of aliphatic hydroxyl groups excluding tert-OH is 2. The SMILES string of the molecule is CC(C)OC(=O)OCOP(=O)(OCOC(=O)OC(C)C)OC[C@H]1O[C@@]2(CC2n2cnc(C(N)=O)c2N)[C@H](O)[C@@H]1O. The van der Waals surface area contributed by atoms with Crippen molar-refractivity contribution in [1.82, 2.24) is 9.55 Å². The number of hydrogen-bond donors (Lipinski definition) is 4. The first-order valence-electron chi connectivity index (χ1n) is 12.1. The van der Waals surface area contributed by atoms with Gasteiger partial charge < -0.3 is 49.9 Å². The van der Waals surface area contributed by atoms with E-state index in [0.29, 0.717) is 0 Å². The molecule has 1 aromatic heterocycles. The lowest BCUT2D eigenvalue weighted by atomic mass is 10.1. The van der Waals surface area contributed by atoms with Crippen LogP contribution in [-0.2, 0) is 41.8 Å². The average molecular weight is 596 g/mol. The maximum Gasteiger partial charge on any atom is 0.510 e. The molecular weight excluding hydrogens is 563 g/mol. The fourth-order valence-electron chi connectivity index (χ4n) is 3.88. The van der Waals surface area contributed by atoms with Crippen molar-refractivity contribution in [2.45, 2.75) is 76.3 Å². The number of nitrogen functional groups attached to an aromatic ring is 1. The lowest BCUT2D eigenvalue weighted by molar-refractivity contribution is -0.0641. The second kappa shape index (κ2) is 12.7. The molecule has 0 bridgehead atoms. The summed E-state index contributed by atoms with van der Waals surface area (Å²) in [5.74, 6) is -0.888. The van der Waals surface area contributed by atoms with Crippen molar-refractivity contribution in [1.29, 1.82) is 0 Å². The zero-order chi connectivity index (χ0) is 29.8. The van der Waals surface area contributed by atoms with E-state index in [1.54, 1.807) is 27.7 Å². The summed E-state index contributed by atoms with van der Waals surface area (Å²) in [5, 5.41) is 21.3. The number of ether oxygens (including phenoxy) is 5. The zero-order valence-corrected chi connectivity index (χ0v) is 23.1. The number of phosphoric acid groups is 1. The number of hydrogen-bond acceptors (Lipinski definition) is 16. The molecule has 19 heteroatoms. The molecule has 1 amide bonds. The van der Waals surface area contributed by atoms with Crippen molar-refractivity contribution in [3.05, 3.63) is 12.0 Å². The Balaban J connectivity index is 1.63. The maximum atomic E-state index is 13.1. The number of carbonyl (C=O) groups is 3. The Morgan fingerprint density at radius 1 is 1.10 bits per heavy atom. The Morgan fingerprint density at radius 3 is 2.12 bits per heavy atom. The fraction of sp³-hybridized carbons (Fsp3) is 0.714. The van der Waals surface area contributed by atoms with E-state index in [-0.39, 0.29) is 17.9 Å². The molecule has 40 heavy (non-hydrogen) atoms. The first kappa shape index (κ1) is 31.5. The standard InChI is InChI=1S/C21H33N4O14P/c1-10(2)37-19(29)32-8-35-40(31,36-9-33-20(30)38-11(3)4)34-6-12-15(26)16(27)21(39-12)5-13(21)25-7-24-14(17(25)22)18(23)28/h7,10-13,15-16,26-27H,5-6,8-9,22H2,1-4H3,(H2,23,28)/t12-,13?,15-,16-,21-/m1/s1. The van der Waals surface area contributed by atoms with Crippen molar-refractivity contribution >= 4 is 31.9 Å². The zero-order valence-electron chi connectivity index (χ0n) is 22.2. The highest BCUT2D eigenvalue weighted by molar-refractivity contribution is 7.48. The van der Waals surface area contributed by atoms with Crippen molar-refractivity contribution in [2.75, 3.05) is 25.9 Å². The third kappa shape index (κ3) is 7.39. The molecule has 2 heterocycles. The molecule has 2 fully saturated rings. The molecule has 3 rings (SSSR count). The van der Waals surface area contributed by atoms with E-state index in [9.17, 15) is 29.2 Å². The van der Waals surface area contributed by atoms with E-state index in [2.05, 4.69) is 14.5 Å². The van der Waals surface area contributed by atoms with Crippen molar-refractivity contribution in [2.24, 2.45) is 5.73 Å². The Bertz CT molecular complexity index is 1100. The molecule has 0 radical (unpaired) electrons. The maximum absolute atomic E-state index is 13.1. The van der Waals surface area contributed by atoms with Gasteiger partial charge in [0.1, 0.15) is 29.7 Å². The minimum atomic E-state index is -4.63. The highest BCUT2D eigenvalue weighted by Gasteiger charge is 2.69. The summed E-state index contributed by atoms with van der Waals surface area (Å²) in [5.41, 5.74) is 9.68. The number of nitrogens with two attached hydrogens (primary N) is 2. The van der Waals surface area contributed by atoms with Gasteiger partial charge in [0.05, 0.1) is 31.2 Å². The molecule has 1 aromatic rings. The van der Waals surface area contributed by atoms with Crippen LogP contribution in [0.25, 0.3) is 0 Å². The Labute approximate surface area is 228 Å². The quantitative estimate of drug-likeness (QED) is 0.138. The number of anilines is 1. The second-order valence-electron chi connectivity index (χ2n) is 9.38. The molecule has 226 valence electrons. The van der Waals surface area contributed by atoms with Gasteiger partial charge in [0.2, 0.25) is 13.6 Å². The number of amides is 1. The molecular formula is C21H33N4O14P. The number of phosphoric ester groups is 1. The van der Waals surface area contributed by atoms with Crippen LogP contribution in [0.3, 0.4) is 0 Å². The summed E-state index contributed by atoms with van der Waals surface area (Å²) in [7, 11) is -4.63. The molecule has 0 aromatic carbocycles. The summed E-state index contributed by atoms with van der Waals surface area (Å²) in [4.78, 5) is 38.5. The molecule has 1 aliphatic heterocycles. The summed E-state index contributed by atoms with van der Waals surface area (Å²) in [6, 6.07) is -0.609. The number of carbonyl (C=O) groups excluding carboxylic acids is 3. The molecule has 1 spiro atoms. The van der Waals surface area contributed by atoms with Crippen LogP contribution in [0.1, 0.15) is 50.6 Å². The molecule has 1 saturated carbocycles. The number of nitrogens with zero attached hydrogens (tertiary/aromatic N) is 2. The van der Waals surface area contributed by atoms with Crippen LogP contribution >= 0.6 is 7.82 Å². The van der Waals surface area contributed by atoms with E-state index in [1.165, 1.54) is 10.9 Å². The smallest absolute Gasteiger partial charge is 0.432 e. The normalized spacial score (nSPS) is 25.8. The largest absolute Gasteiger partial charge is 0.510 e. The van der Waals surface area contributed by atoms with E-state index < -0.39 is 88.4 Å². The minimum absolute atomic E-state index is 0.0438. The van der Waals surface area contributed by atoms with Gasteiger partial charge in [-0.2, -0.15) is 0 Å². The van der Waals surface area contributed by atoms with Gasteiger partial charge in [-0.15, -0.1) is 0 Å². The lowest BCUT2D eigenvalue weighted by Gasteiger charge is -2.21. The molecule has 6 N–H and O–H groups in total. The molecule has 1 saturated heterocycles. The van der Waals surface area contributed by atoms with E-state index in [0.717, 1.165) is 0 Å². The molecule has 2 aliphatic rings. The Morgan fingerprint density at radius 2 is 1.65 bits per heavy atom. The second-order valence-corrected chi connectivity index (χ2v) is 11.0. The van der Waals surface area contributed by atoms with Crippen LogP contribution in [0.5, 0.6) is 0 Å². The van der Waals surface area contributed by atoms with Gasteiger partial charge in [-0.25, -0.2) is 28.2 Å². The van der Waals surface area contributed by atoms with Gasteiger partial charge in [0, 0.05) is 6.42 Å². The van der Waals surface area contributed by atoms with Gasteiger partial charge >= 0.3 is 20.1 Å². The number of primary amides is 1. The minimum Gasteiger partial charge on any atom is -0.432 e. The van der Waals surface area contributed by atoms with Crippen molar-refractivity contribution < 1.29 is 66.4 Å². The van der Waals surface area contributed by atoms with E-state index in [1.807, 2.05) is 0 Å². The highest BCUT2D eigenvalue weighted by Crippen LogP contribution is 2.59. The third-order valence-electron chi connectivity index (χ3n) is 5.73. The van der Waals surface area contributed by atoms with Crippen molar-refractivity contribution in [3.8, 4) is 0 Å². The lowest BCUT2D eigenvalue weighted by Crippen LogP contribution is -2.36. The predicted octanol–water partition coefficient (Wildman–Crippen LogP) is 0.565. The van der Waals surface area contributed by atoms with Crippen LogP contribution in [0.15, 0.2) is 6.33 Å². The third-order valence-corrected chi connectivity index (χ3v) is 7.04. The number of aliphatic hydroxyl groups is 2. The molecule has 18 nitrogen and oxygen atoms in total. The predicted molar refractivity (Wildman–Crippen MR) is 129 cm³/mol. The van der Waals surface area contributed by atoms with E-state index in [4.69, 9.17) is 39.2 Å². The Hall–Kier alpha value is -2.99. The van der Waals surface area contributed by atoms with Gasteiger partial charge in [-0.1, -0.05) is 0 Å². The van der Waals surface area contributed by atoms with Gasteiger partial charge in [0.25, 0.3) is 5.91 Å². The summed E-state index contributed by atoms with van der Waals surface area (Å²) >= 11 is 0. The highest BCUT2D eigenvalue weighted by atomic mass is 31.2. The molecule has 5 atom stereocenters. The molecule has 1 unspecified atom stereocenters. The van der Waals surface area contributed by atoms with Crippen LogP contribution in [0.4, 0.5) is 15.4 Å². The van der Waals surface area contributed by atoms with Crippen LogP contribution < -0.4 is 11.5 Å². The average Bonchev–Trinajstić information content (AvgIpc) is 3.34. The summed E-state index contributed by atoms with van der Waals surface area (Å²) in [6.07, 6.45) is -6.03. The first-order chi connectivity index (χ1) is 18.7. The van der Waals surface area contributed by atoms with E-state index >= 15 is 0 Å². The number of aromatic nitrogens is 2. The van der Waals surface area contributed by atoms with Crippen LogP contribution in [0, 0.1) is 0 Å². The first-order valence-corrected chi connectivity index (χ1v) is 13.5. The number of rotatable bonds is 13. The summed E-state index contributed by atoms with van der Waals surface area (Å²) in [6.45, 7) is 3.76. The van der Waals surface area contributed by atoms with Gasteiger partial charge in [0.15, 0.2) is 5.69 Å². The van der Waals surface area contributed by atoms with Gasteiger partial charge in [-0.3, -0.25) is 9.32 Å². The van der Waals surface area contributed by atoms with Crippen LogP contribution in [-0.4, -0.2) is 94.3 Å². The molecule has 1 aliphatic carbocycles. The van der Waals surface area contributed by atoms with Crippen molar-refractivity contribution in [3.63, 3.8) is 0 Å². The number of imidazole rings is 1. The van der Waals surface area contributed by atoms with Gasteiger partial charge in [-0.05, 0) is 27.7 Å². The van der Waals surface area contributed by atoms with Crippen LogP contribution in [0.2, 0.25) is 0 Å². The Kier molecular flexibility index (Phi) is 9.99. The topological polar surface area (TPSA) is 252 Å².